The minimum Gasteiger partial charge on any atom is -0.480 e. The molecule has 2 amide bonds. The molecular weight excluding hydrogens is 300 g/mol. The molecule has 1 fully saturated rings. The molecule has 7 nitrogen and oxygen atoms in total. The van der Waals surface area contributed by atoms with Crippen LogP contribution >= 0.6 is 0 Å². The summed E-state index contributed by atoms with van der Waals surface area (Å²) in [5.74, 6) is -1.46. The predicted molar refractivity (Wildman–Crippen MR) is 81.7 cm³/mol. The highest BCUT2D eigenvalue weighted by Gasteiger charge is 2.38. The summed E-state index contributed by atoms with van der Waals surface area (Å²) in [6.45, 7) is 2.21. The molecule has 0 spiro atoms. The van der Waals surface area contributed by atoms with Crippen molar-refractivity contribution in [1.29, 1.82) is 0 Å². The summed E-state index contributed by atoms with van der Waals surface area (Å²) in [6, 6.07) is 6.90. The number of likely N-dealkylation sites (tertiary alicyclic amines) is 1. The number of rotatable bonds is 5. The van der Waals surface area contributed by atoms with Crippen molar-refractivity contribution in [1.82, 2.24) is 10.2 Å². The van der Waals surface area contributed by atoms with Gasteiger partial charge in [0.05, 0.1) is 6.61 Å². The molecule has 1 aromatic carbocycles. The third-order valence-corrected chi connectivity index (χ3v) is 3.74. The number of ether oxygens (including phenoxy) is 1. The number of alkyl carbamates (subject to hydrolysis) is 1. The Morgan fingerprint density at radius 3 is 2.65 bits per heavy atom. The standard InChI is InChI=1S/C16H20N2O5/c1-2-23-16(22)17-13(11-7-4-3-5-8-11)14(19)18-10-6-9-12(18)15(20)21/h3-5,7-8,12-13H,2,6,9-10H2,1H3,(H,17,22)(H,20,21)/t12-,13+/m0/s1. The predicted octanol–water partition coefficient (Wildman–Crippen LogP) is 1.55. The Hall–Kier alpha value is -2.57. The first-order chi connectivity index (χ1) is 11.0. The summed E-state index contributed by atoms with van der Waals surface area (Å²) >= 11 is 0. The monoisotopic (exact) mass is 320 g/mol. The van der Waals surface area contributed by atoms with Gasteiger partial charge in [-0.25, -0.2) is 9.59 Å². The second kappa shape index (κ2) is 7.62. The lowest BCUT2D eigenvalue weighted by atomic mass is 10.1. The van der Waals surface area contributed by atoms with Crippen LogP contribution in [0.3, 0.4) is 0 Å². The Morgan fingerprint density at radius 2 is 2.04 bits per heavy atom. The third kappa shape index (κ3) is 4.00. The van der Waals surface area contributed by atoms with Gasteiger partial charge in [0.25, 0.3) is 5.91 Å². The van der Waals surface area contributed by atoms with E-state index in [1.807, 2.05) is 0 Å². The van der Waals surface area contributed by atoms with Gasteiger partial charge in [0, 0.05) is 6.54 Å². The van der Waals surface area contributed by atoms with E-state index in [9.17, 15) is 19.5 Å². The lowest BCUT2D eigenvalue weighted by Crippen LogP contribution is -2.47. The molecule has 7 heteroatoms. The summed E-state index contributed by atoms with van der Waals surface area (Å²) in [5, 5.41) is 11.8. The Kier molecular flexibility index (Phi) is 5.56. The van der Waals surface area contributed by atoms with Gasteiger partial charge in [-0.15, -0.1) is 0 Å². The van der Waals surface area contributed by atoms with E-state index in [0.29, 0.717) is 24.9 Å². The Bertz CT molecular complexity index is 575. The number of aliphatic carboxylic acids is 1. The van der Waals surface area contributed by atoms with Gasteiger partial charge in [-0.1, -0.05) is 30.3 Å². The highest BCUT2D eigenvalue weighted by atomic mass is 16.5. The van der Waals surface area contributed by atoms with E-state index in [0.717, 1.165) is 0 Å². The van der Waals surface area contributed by atoms with E-state index >= 15 is 0 Å². The molecule has 0 aromatic heterocycles. The molecule has 0 saturated carbocycles. The number of nitrogens with one attached hydrogen (secondary N) is 1. The number of carboxylic acids is 1. The van der Waals surface area contributed by atoms with E-state index in [1.54, 1.807) is 37.3 Å². The maximum atomic E-state index is 12.8. The van der Waals surface area contributed by atoms with E-state index in [1.165, 1.54) is 4.90 Å². The molecular formula is C16H20N2O5. The average Bonchev–Trinajstić information content (AvgIpc) is 3.03. The topological polar surface area (TPSA) is 95.9 Å². The number of amides is 2. The minimum absolute atomic E-state index is 0.184. The largest absolute Gasteiger partial charge is 0.480 e. The van der Waals surface area contributed by atoms with Crippen molar-refractivity contribution in [3.63, 3.8) is 0 Å². The number of nitrogens with zero attached hydrogens (tertiary/aromatic N) is 1. The number of hydrogen-bond acceptors (Lipinski definition) is 4. The Labute approximate surface area is 134 Å². The number of carbonyl (C=O) groups excluding carboxylic acids is 2. The first-order valence-electron chi connectivity index (χ1n) is 7.56. The summed E-state index contributed by atoms with van der Waals surface area (Å²) in [7, 11) is 0. The van der Waals surface area contributed by atoms with Crippen molar-refractivity contribution in [2.45, 2.75) is 31.8 Å². The molecule has 1 aliphatic rings. The zero-order valence-corrected chi connectivity index (χ0v) is 12.9. The molecule has 1 heterocycles. The lowest BCUT2D eigenvalue weighted by Gasteiger charge is -2.27. The summed E-state index contributed by atoms with van der Waals surface area (Å²) in [6.07, 6.45) is 0.340. The molecule has 2 atom stereocenters. The molecule has 0 aliphatic carbocycles. The van der Waals surface area contributed by atoms with Crippen molar-refractivity contribution in [2.75, 3.05) is 13.2 Å². The lowest BCUT2D eigenvalue weighted by molar-refractivity contribution is -0.149. The van der Waals surface area contributed by atoms with E-state index in [4.69, 9.17) is 4.74 Å². The number of benzene rings is 1. The van der Waals surface area contributed by atoms with Gasteiger partial charge >= 0.3 is 12.1 Å². The molecule has 0 bridgehead atoms. The highest BCUT2D eigenvalue weighted by molar-refractivity contribution is 5.90. The molecule has 1 aromatic rings. The molecule has 0 radical (unpaired) electrons. The van der Waals surface area contributed by atoms with Gasteiger partial charge in [-0.05, 0) is 25.3 Å². The van der Waals surface area contributed by atoms with Gasteiger partial charge in [0.1, 0.15) is 12.1 Å². The molecule has 0 unspecified atom stereocenters. The quantitative estimate of drug-likeness (QED) is 0.858. The van der Waals surface area contributed by atoms with Crippen LogP contribution in [0.2, 0.25) is 0 Å². The van der Waals surface area contributed by atoms with Crippen LogP contribution in [0.1, 0.15) is 31.4 Å². The fraction of sp³-hybridized carbons (Fsp3) is 0.438. The van der Waals surface area contributed by atoms with Crippen molar-refractivity contribution >= 4 is 18.0 Å². The Morgan fingerprint density at radius 1 is 1.35 bits per heavy atom. The molecule has 23 heavy (non-hydrogen) atoms. The zero-order chi connectivity index (χ0) is 16.8. The van der Waals surface area contributed by atoms with Crippen LogP contribution in [0, 0.1) is 0 Å². The van der Waals surface area contributed by atoms with Gasteiger partial charge in [-0.2, -0.15) is 0 Å². The van der Waals surface area contributed by atoms with Gasteiger partial charge in [0.15, 0.2) is 0 Å². The molecule has 1 saturated heterocycles. The van der Waals surface area contributed by atoms with Crippen molar-refractivity contribution in [3.05, 3.63) is 35.9 Å². The van der Waals surface area contributed by atoms with Crippen LogP contribution in [0.5, 0.6) is 0 Å². The van der Waals surface area contributed by atoms with Crippen LogP contribution in [0.4, 0.5) is 4.79 Å². The second-order valence-corrected chi connectivity index (χ2v) is 5.24. The molecule has 2 N–H and O–H groups in total. The van der Waals surface area contributed by atoms with Crippen LogP contribution in [-0.4, -0.2) is 47.2 Å². The number of carbonyl (C=O) groups is 3. The maximum Gasteiger partial charge on any atom is 0.408 e. The van der Waals surface area contributed by atoms with Crippen LogP contribution in [-0.2, 0) is 14.3 Å². The van der Waals surface area contributed by atoms with Gasteiger partial charge < -0.3 is 20.1 Å². The highest BCUT2D eigenvalue weighted by Crippen LogP contribution is 2.24. The smallest absolute Gasteiger partial charge is 0.408 e. The van der Waals surface area contributed by atoms with E-state index in [2.05, 4.69) is 5.32 Å². The van der Waals surface area contributed by atoms with Crippen LogP contribution in [0.25, 0.3) is 0 Å². The Balaban J connectivity index is 2.24. The first kappa shape index (κ1) is 16.8. The maximum absolute atomic E-state index is 12.8. The van der Waals surface area contributed by atoms with Crippen molar-refractivity contribution in [2.24, 2.45) is 0 Å². The summed E-state index contributed by atoms with van der Waals surface area (Å²) in [5.41, 5.74) is 0.585. The minimum atomic E-state index is -1.03. The summed E-state index contributed by atoms with van der Waals surface area (Å²) in [4.78, 5) is 37.1. The van der Waals surface area contributed by atoms with E-state index in [-0.39, 0.29) is 6.61 Å². The fourth-order valence-corrected chi connectivity index (χ4v) is 2.68. The molecule has 124 valence electrons. The van der Waals surface area contributed by atoms with Crippen molar-refractivity contribution < 1.29 is 24.2 Å². The second-order valence-electron chi connectivity index (χ2n) is 5.24. The van der Waals surface area contributed by atoms with Crippen LogP contribution < -0.4 is 5.32 Å². The van der Waals surface area contributed by atoms with Gasteiger partial charge in [0.2, 0.25) is 0 Å². The SMILES string of the molecule is CCOC(=O)N[C@@H](C(=O)N1CCC[C@H]1C(=O)O)c1ccccc1. The molecule has 2 rings (SSSR count). The third-order valence-electron chi connectivity index (χ3n) is 3.74. The average molecular weight is 320 g/mol. The van der Waals surface area contributed by atoms with E-state index < -0.39 is 30.1 Å². The molecule has 1 aliphatic heterocycles. The fourth-order valence-electron chi connectivity index (χ4n) is 2.68. The summed E-state index contributed by atoms with van der Waals surface area (Å²) < 4.78 is 4.84. The number of hydrogen-bond donors (Lipinski definition) is 2. The zero-order valence-electron chi connectivity index (χ0n) is 12.9. The first-order valence-corrected chi connectivity index (χ1v) is 7.56. The van der Waals surface area contributed by atoms with Crippen LogP contribution in [0.15, 0.2) is 30.3 Å². The van der Waals surface area contributed by atoms with Crippen molar-refractivity contribution in [3.8, 4) is 0 Å². The van der Waals surface area contributed by atoms with Gasteiger partial charge in [-0.3, -0.25) is 4.79 Å². The number of carboxylic acid groups (broad SMARTS) is 1. The normalized spacial score (nSPS) is 18.3.